The molecule has 5 N–H and O–H groups in total. The lowest BCUT2D eigenvalue weighted by molar-refractivity contribution is -0.146. The second-order valence-electron chi connectivity index (χ2n) is 8.75. The van der Waals surface area contributed by atoms with Crippen LogP contribution in [-0.2, 0) is 11.2 Å². The highest BCUT2D eigenvalue weighted by atomic mass is 19.1. The zero-order valence-corrected chi connectivity index (χ0v) is 20.2. The van der Waals surface area contributed by atoms with Crippen molar-refractivity contribution in [1.82, 2.24) is 10.3 Å². The van der Waals surface area contributed by atoms with Crippen LogP contribution >= 0.6 is 0 Å². The van der Waals surface area contributed by atoms with Crippen LogP contribution in [0.2, 0.25) is 0 Å². The van der Waals surface area contributed by atoms with Crippen LogP contribution in [0.1, 0.15) is 36.7 Å². The fourth-order valence-electron chi connectivity index (χ4n) is 3.31. The van der Waals surface area contributed by atoms with Gasteiger partial charge in [0.05, 0.1) is 16.7 Å². The highest BCUT2D eigenvalue weighted by molar-refractivity contribution is 6.08. The molecule has 0 unspecified atom stereocenters. The molecule has 1 heterocycles. The zero-order chi connectivity index (χ0) is 26.3. The summed E-state index contributed by atoms with van der Waals surface area (Å²) < 4.78 is 13.3. The first-order valence-electron chi connectivity index (χ1n) is 11.3. The van der Waals surface area contributed by atoms with E-state index >= 15 is 0 Å². The summed E-state index contributed by atoms with van der Waals surface area (Å²) in [5.74, 6) is -1.54. The zero-order valence-electron chi connectivity index (χ0n) is 20.2. The fraction of sp³-hybridized carbons (Fsp3) is 0.231. The minimum atomic E-state index is -0.916. The first kappa shape index (κ1) is 26.1. The van der Waals surface area contributed by atoms with E-state index in [1.54, 1.807) is 45.0 Å². The summed E-state index contributed by atoms with van der Waals surface area (Å²) >= 11 is 0. The average Bonchev–Trinajstić information content (AvgIpc) is 2.82. The lowest BCUT2D eigenvalue weighted by Crippen LogP contribution is -2.28. The van der Waals surface area contributed by atoms with Gasteiger partial charge in [-0.1, -0.05) is 12.1 Å². The van der Waals surface area contributed by atoms with E-state index in [2.05, 4.69) is 26.3 Å². The molecule has 0 saturated carbocycles. The Morgan fingerprint density at radius 1 is 0.972 bits per heavy atom. The number of carbonyl (C=O) groups excluding carboxylic acids is 2. The van der Waals surface area contributed by atoms with Gasteiger partial charge in [-0.2, -0.15) is 0 Å². The topological polar surface area (TPSA) is 132 Å². The van der Waals surface area contributed by atoms with Gasteiger partial charge in [-0.15, -0.1) is 0 Å². The van der Waals surface area contributed by atoms with Crippen molar-refractivity contribution in [3.63, 3.8) is 0 Å². The number of nitrogens with zero attached hydrogens (tertiary/aromatic N) is 1. The molecule has 0 fully saturated rings. The molecular formula is C26H28FN5O4. The standard InChI is InChI=1S/C26H28FN5O4/c1-4-28-25(36)32-22-13-21(30-18-11-7-17(27)8-12-18)20(15-29-22)23(33)31-19-9-5-16(6-10-19)14-26(2,3)24(34)35/h5-13,15H,4,14H2,1-3H3,(H,31,33)(H,34,35)(H3,28,29,30,32,36). The summed E-state index contributed by atoms with van der Waals surface area (Å²) in [6.07, 6.45) is 1.67. The molecule has 10 heteroatoms. The van der Waals surface area contributed by atoms with Gasteiger partial charge in [0.15, 0.2) is 0 Å². The maximum absolute atomic E-state index is 13.3. The van der Waals surface area contributed by atoms with Gasteiger partial charge in [-0.3, -0.25) is 14.9 Å². The number of aromatic nitrogens is 1. The molecule has 36 heavy (non-hydrogen) atoms. The van der Waals surface area contributed by atoms with Gasteiger partial charge in [-0.05, 0) is 69.2 Å². The number of carboxylic acids is 1. The maximum atomic E-state index is 13.3. The van der Waals surface area contributed by atoms with E-state index in [-0.39, 0.29) is 11.4 Å². The molecule has 0 aliphatic rings. The van der Waals surface area contributed by atoms with Gasteiger partial charge in [0.25, 0.3) is 5.91 Å². The van der Waals surface area contributed by atoms with E-state index in [9.17, 15) is 23.9 Å². The number of aliphatic carboxylic acids is 1. The minimum Gasteiger partial charge on any atom is -0.481 e. The number of carbonyl (C=O) groups is 3. The van der Waals surface area contributed by atoms with E-state index in [1.165, 1.54) is 36.5 Å². The number of carboxylic acid groups (broad SMARTS) is 1. The highest BCUT2D eigenvalue weighted by Gasteiger charge is 2.27. The lowest BCUT2D eigenvalue weighted by atomic mass is 9.86. The minimum absolute atomic E-state index is 0.192. The summed E-state index contributed by atoms with van der Waals surface area (Å²) in [6.45, 7) is 5.51. The van der Waals surface area contributed by atoms with Crippen molar-refractivity contribution in [1.29, 1.82) is 0 Å². The van der Waals surface area contributed by atoms with Crippen molar-refractivity contribution in [2.75, 3.05) is 22.5 Å². The smallest absolute Gasteiger partial charge is 0.320 e. The van der Waals surface area contributed by atoms with Crippen LogP contribution in [-0.4, -0.2) is 34.5 Å². The molecule has 0 atom stereocenters. The Morgan fingerprint density at radius 3 is 2.22 bits per heavy atom. The summed E-state index contributed by atoms with van der Waals surface area (Å²) in [6, 6.07) is 13.6. The number of anilines is 4. The number of urea groups is 1. The second-order valence-corrected chi connectivity index (χ2v) is 8.75. The Hall–Kier alpha value is -4.47. The van der Waals surface area contributed by atoms with E-state index in [4.69, 9.17) is 0 Å². The number of benzene rings is 2. The Labute approximate surface area is 208 Å². The van der Waals surface area contributed by atoms with E-state index < -0.39 is 29.1 Å². The first-order chi connectivity index (χ1) is 17.1. The summed E-state index contributed by atoms with van der Waals surface area (Å²) in [5.41, 5.74) is 1.49. The third-order valence-electron chi connectivity index (χ3n) is 5.29. The van der Waals surface area contributed by atoms with Gasteiger partial charge in [0.1, 0.15) is 11.6 Å². The average molecular weight is 494 g/mol. The van der Waals surface area contributed by atoms with Crippen molar-refractivity contribution >= 4 is 40.8 Å². The quantitative estimate of drug-likeness (QED) is 0.285. The SMILES string of the molecule is CCNC(=O)Nc1cc(Nc2ccc(F)cc2)c(C(=O)Nc2ccc(CC(C)(C)C(=O)O)cc2)cn1. The fourth-order valence-corrected chi connectivity index (χ4v) is 3.31. The molecular weight excluding hydrogens is 465 g/mol. The summed E-state index contributed by atoms with van der Waals surface area (Å²) in [4.78, 5) is 40.5. The van der Waals surface area contributed by atoms with E-state index in [0.29, 0.717) is 30.0 Å². The monoisotopic (exact) mass is 493 g/mol. The Kier molecular flexibility index (Phi) is 8.21. The number of pyridine rings is 1. The molecule has 3 rings (SSSR count). The van der Waals surface area contributed by atoms with Crippen LogP contribution in [0.15, 0.2) is 60.8 Å². The molecule has 0 aliphatic heterocycles. The second kappa shape index (κ2) is 11.3. The lowest BCUT2D eigenvalue weighted by Gasteiger charge is -2.19. The van der Waals surface area contributed by atoms with Crippen molar-refractivity contribution < 1.29 is 23.9 Å². The third-order valence-corrected chi connectivity index (χ3v) is 5.29. The van der Waals surface area contributed by atoms with Crippen LogP contribution in [0.3, 0.4) is 0 Å². The molecule has 2 aromatic carbocycles. The number of rotatable bonds is 9. The third kappa shape index (κ3) is 7.02. The van der Waals surface area contributed by atoms with Crippen molar-refractivity contribution in [2.45, 2.75) is 27.2 Å². The van der Waals surface area contributed by atoms with Gasteiger partial charge in [0.2, 0.25) is 0 Å². The molecule has 9 nitrogen and oxygen atoms in total. The van der Waals surface area contributed by atoms with Gasteiger partial charge in [0, 0.05) is 30.2 Å². The Balaban J connectivity index is 1.82. The largest absolute Gasteiger partial charge is 0.481 e. The molecule has 0 spiro atoms. The Bertz CT molecular complexity index is 1240. The Morgan fingerprint density at radius 2 is 1.61 bits per heavy atom. The number of amides is 3. The van der Waals surface area contributed by atoms with Gasteiger partial charge < -0.3 is 21.1 Å². The van der Waals surface area contributed by atoms with E-state index in [1.807, 2.05) is 0 Å². The normalized spacial score (nSPS) is 10.9. The van der Waals surface area contributed by atoms with Crippen molar-refractivity contribution in [3.8, 4) is 0 Å². The van der Waals surface area contributed by atoms with Crippen molar-refractivity contribution in [2.24, 2.45) is 5.41 Å². The van der Waals surface area contributed by atoms with Gasteiger partial charge in [-0.25, -0.2) is 14.2 Å². The number of nitrogens with one attached hydrogen (secondary N) is 4. The van der Waals surface area contributed by atoms with Crippen LogP contribution in [0.5, 0.6) is 0 Å². The molecule has 1 aromatic heterocycles. The van der Waals surface area contributed by atoms with Crippen LogP contribution in [0.25, 0.3) is 0 Å². The van der Waals surface area contributed by atoms with Crippen molar-refractivity contribution in [3.05, 3.63) is 77.7 Å². The number of hydrogen-bond acceptors (Lipinski definition) is 5. The van der Waals surface area contributed by atoms with E-state index in [0.717, 1.165) is 5.56 Å². The number of hydrogen-bond donors (Lipinski definition) is 5. The molecule has 0 radical (unpaired) electrons. The summed E-state index contributed by atoms with van der Waals surface area (Å²) in [7, 11) is 0. The summed E-state index contributed by atoms with van der Waals surface area (Å²) in [5, 5.41) is 20.4. The van der Waals surface area contributed by atoms with Crippen LogP contribution in [0.4, 0.5) is 32.1 Å². The molecule has 3 amide bonds. The van der Waals surface area contributed by atoms with Crippen LogP contribution < -0.4 is 21.3 Å². The maximum Gasteiger partial charge on any atom is 0.320 e. The van der Waals surface area contributed by atoms with Gasteiger partial charge >= 0.3 is 12.0 Å². The molecule has 188 valence electrons. The van der Waals surface area contributed by atoms with Crippen LogP contribution in [0, 0.1) is 11.2 Å². The predicted molar refractivity (Wildman–Crippen MR) is 136 cm³/mol. The predicted octanol–water partition coefficient (Wildman–Crippen LogP) is 5.01. The number of halogens is 1. The molecule has 3 aromatic rings. The highest BCUT2D eigenvalue weighted by Crippen LogP contribution is 2.26. The molecule has 0 bridgehead atoms. The first-order valence-corrected chi connectivity index (χ1v) is 11.3. The molecule has 0 aliphatic carbocycles. The molecule has 0 saturated heterocycles.